The Kier molecular flexibility index (Phi) is 8.69. The van der Waals surface area contributed by atoms with Crippen molar-refractivity contribution in [1.82, 2.24) is 14.4 Å². The lowest BCUT2D eigenvalue weighted by atomic mass is 9.69. The van der Waals surface area contributed by atoms with Crippen molar-refractivity contribution < 1.29 is 14.7 Å². The highest BCUT2D eigenvalue weighted by molar-refractivity contribution is 6.00. The number of benzene rings is 1. The number of aliphatic hydroxyl groups is 1. The van der Waals surface area contributed by atoms with E-state index in [0.29, 0.717) is 36.6 Å². The smallest absolute Gasteiger partial charge is 0.255 e. The normalized spacial score (nSPS) is 22.4. The molecule has 7 heteroatoms. The Morgan fingerprint density at radius 2 is 1.77 bits per heavy atom. The number of aromatic nitrogens is 1. The third-order valence-corrected chi connectivity index (χ3v) is 9.07. The molecule has 1 unspecified atom stereocenters. The van der Waals surface area contributed by atoms with Gasteiger partial charge in [-0.15, -0.1) is 0 Å². The molecule has 0 radical (unpaired) electrons. The van der Waals surface area contributed by atoms with Crippen molar-refractivity contribution in [2.24, 2.45) is 17.3 Å². The van der Waals surface area contributed by atoms with Crippen LogP contribution in [-0.4, -0.2) is 64.1 Å². The lowest BCUT2D eigenvalue weighted by molar-refractivity contribution is -0.157. The van der Waals surface area contributed by atoms with Crippen LogP contribution in [0.15, 0.2) is 47.4 Å². The van der Waals surface area contributed by atoms with Gasteiger partial charge < -0.3 is 19.5 Å². The van der Waals surface area contributed by atoms with Crippen LogP contribution >= 0.6 is 0 Å². The maximum atomic E-state index is 13.4. The van der Waals surface area contributed by atoms with E-state index in [0.717, 1.165) is 12.0 Å². The number of piperidine rings is 1. The molecule has 1 aliphatic heterocycles. The first-order valence-corrected chi connectivity index (χ1v) is 14.4. The summed E-state index contributed by atoms with van der Waals surface area (Å²) in [5, 5.41) is 11.9. The molecule has 0 spiro atoms. The fourth-order valence-electron chi connectivity index (χ4n) is 6.42. The molecule has 2 amide bonds. The van der Waals surface area contributed by atoms with E-state index in [9.17, 15) is 19.5 Å². The molecule has 2 fully saturated rings. The molecule has 1 aromatic heterocycles. The standard InChI is InChI=1S/C32H45N3O4/c1-23(18-24-12-8-6-9-13-24)29(37)34-17-16-32(39,31(2,3)21-34)22-35-20-27(30(38)33(4)5)26(19-28(35)36)25-14-10-7-11-15-25/h7,10-11,14-15,19-20,23-24,39H,6,8-9,12-13,16-18,21-22H2,1-5H3/t23?,32-/m0/s1. The second-order valence-electron chi connectivity index (χ2n) is 12.7. The van der Waals surface area contributed by atoms with Crippen molar-refractivity contribution in [3.05, 3.63) is 58.5 Å². The van der Waals surface area contributed by atoms with Crippen LogP contribution in [-0.2, 0) is 11.3 Å². The van der Waals surface area contributed by atoms with Crippen LogP contribution in [0, 0.1) is 17.3 Å². The van der Waals surface area contributed by atoms with Crippen LogP contribution in [0.1, 0.15) is 76.1 Å². The Balaban J connectivity index is 1.54. The summed E-state index contributed by atoms with van der Waals surface area (Å²) in [5.74, 6) is 0.570. The molecule has 2 atom stereocenters. The quantitative estimate of drug-likeness (QED) is 0.552. The molecule has 212 valence electrons. The van der Waals surface area contributed by atoms with E-state index < -0.39 is 11.0 Å². The molecule has 1 saturated carbocycles. The van der Waals surface area contributed by atoms with Gasteiger partial charge in [0.2, 0.25) is 5.91 Å². The average molecular weight is 536 g/mol. The summed E-state index contributed by atoms with van der Waals surface area (Å²) >= 11 is 0. The number of hydrogen-bond donors (Lipinski definition) is 1. The van der Waals surface area contributed by atoms with E-state index in [1.807, 2.05) is 56.0 Å². The van der Waals surface area contributed by atoms with Gasteiger partial charge in [-0.1, -0.05) is 83.2 Å². The van der Waals surface area contributed by atoms with Gasteiger partial charge in [0.05, 0.1) is 17.7 Å². The van der Waals surface area contributed by atoms with Crippen LogP contribution in [0.5, 0.6) is 0 Å². The highest BCUT2D eigenvalue weighted by atomic mass is 16.3. The van der Waals surface area contributed by atoms with E-state index in [4.69, 9.17) is 0 Å². The van der Waals surface area contributed by atoms with Gasteiger partial charge in [-0.3, -0.25) is 14.4 Å². The Labute approximate surface area is 232 Å². The second kappa shape index (κ2) is 11.7. The zero-order valence-corrected chi connectivity index (χ0v) is 24.3. The number of carbonyl (C=O) groups is 2. The summed E-state index contributed by atoms with van der Waals surface area (Å²) in [5.41, 5.74) is -0.347. The number of amides is 2. The van der Waals surface area contributed by atoms with Crippen LogP contribution < -0.4 is 5.56 Å². The summed E-state index contributed by atoms with van der Waals surface area (Å²) in [6, 6.07) is 10.9. The summed E-state index contributed by atoms with van der Waals surface area (Å²) in [7, 11) is 3.37. The SMILES string of the molecule is CC(CC1CCCCC1)C(=O)N1CC[C@](O)(Cn2cc(C(=O)N(C)C)c(-c3ccccc3)cc2=O)C(C)(C)C1. The Hall–Kier alpha value is -2.93. The fraction of sp³-hybridized carbons (Fsp3) is 0.594. The zero-order valence-electron chi connectivity index (χ0n) is 24.3. The Morgan fingerprint density at radius 1 is 1.10 bits per heavy atom. The number of rotatable bonds is 7. The van der Waals surface area contributed by atoms with Gasteiger partial charge in [0.15, 0.2) is 0 Å². The first-order chi connectivity index (χ1) is 18.4. The Bertz CT molecular complexity index is 1230. The third-order valence-electron chi connectivity index (χ3n) is 9.07. The van der Waals surface area contributed by atoms with Gasteiger partial charge in [0.1, 0.15) is 0 Å². The predicted molar refractivity (Wildman–Crippen MR) is 154 cm³/mol. The highest BCUT2D eigenvalue weighted by Crippen LogP contribution is 2.41. The van der Waals surface area contributed by atoms with Gasteiger partial charge in [-0.2, -0.15) is 0 Å². The van der Waals surface area contributed by atoms with Crippen molar-refractivity contribution in [3.63, 3.8) is 0 Å². The lowest BCUT2D eigenvalue weighted by Gasteiger charge is -2.51. The average Bonchev–Trinajstić information content (AvgIpc) is 2.91. The molecule has 2 heterocycles. The minimum absolute atomic E-state index is 0.0251. The third kappa shape index (κ3) is 6.29. The van der Waals surface area contributed by atoms with Crippen molar-refractivity contribution in [3.8, 4) is 11.1 Å². The number of likely N-dealkylation sites (tertiary alicyclic amines) is 1. The van der Waals surface area contributed by atoms with E-state index in [1.54, 1.807) is 20.3 Å². The molecule has 4 rings (SSSR count). The van der Waals surface area contributed by atoms with Gasteiger partial charge in [-0.25, -0.2) is 0 Å². The number of pyridine rings is 1. The van der Waals surface area contributed by atoms with Gasteiger partial charge in [-0.05, 0) is 24.3 Å². The van der Waals surface area contributed by atoms with Crippen molar-refractivity contribution in [2.45, 2.75) is 77.9 Å². The first-order valence-electron chi connectivity index (χ1n) is 14.4. The second-order valence-corrected chi connectivity index (χ2v) is 12.7. The lowest BCUT2D eigenvalue weighted by Crippen LogP contribution is -2.61. The predicted octanol–water partition coefficient (Wildman–Crippen LogP) is 4.81. The maximum Gasteiger partial charge on any atom is 0.255 e. The first kappa shape index (κ1) is 29.1. The van der Waals surface area contributed by atoms with Gasteiger partial charge in [0.25, 0.3) is 11.5 Å². The molecule has 1 aromatic carbocycles. The minimum atomic E-state index is -1.22. The number of nitrogens with zero attached hydrogens (tertiary/aromatic N) is 3. The van der Waals surface area contributed by atoms with Crippen molar-refractivity contribution in [1.29, 1.82) is 0 Å². The monoisotopic (exact) mass is 535 g/mol. The van der Waals surface area contributed by atoms with E-state index >= 15 is 0 Å². The van der Waals surface area contributed by atoms with Gasteiger partial charge in [0, 0.05) is 56.3 Å². The molecule has 0 bridgehead atoms. The van der Waals surface area contributed by atoms with E-state index in [1.165, 1.54) is 47.6 Å². The van der Waals surface area contributed by atoms with E-state index in [-0.39, 0.29) is 29.8 Å². The minimum Gasteiger partial charge on any atom is -0.387 e. The van der Waals surface area contributed by atoms with Gasteiger partial charge >= 0.3 is 0 Å². The molecular formula is C32H45N3O4. The molecule has 1 N–H and O–H groups in total. The van der Waals surface area contributed by atoms with Crippen LogP contribution in [0.3, 0.4) is 0 Å². The summed E-state index contributed by atoms with van der Waals surface area (Å²) in [6.45, 7) is 6.91. The molecule has 1 saturated heterocycles. The molecular weight excluding hydrogens is 490 g/mol. The van der Waals surface area contributed by atoms with E-state index in [2.05, 4.69) is 0 Å². The van der Waals surface area contributed by atoms with Crippen LogP contribution in [0.25, 0.3) is 11.1 Å². The van der Waals surface area contributed by atoms with Crippen molar-refractivity contribution in [2.75, 3.05) is 27.2 Å². The maximum absolute atomic E-state index is 13.4. The number of hydrogen-bond acceptors (Lipinski definition) is 4. The Morgan fingerprint density at radius 3 is 2.38 bits per heavy atom. The molecule has 7 nitrogen and oxygen atoms in total. The summed E-state index contributed by atoms with van der Waals surface area (Å²) < 4.78 is 1.47. The number of carbonyl (C=O) groups excluding carboxylic acids is 2. The van der Waals surface area contributed by atoms with Crippen molar-refractivity contribution >= 4 is 11.8 Å². The molecule has 2 aliphatic rings. The largest absolute Gasteiger partial charge is 0.387 e. The topological polar surface area (TPSA) is 82.8 Å². The van der Waals surface area contributed by atoms with Crippen LogP contribution in [0.4, 0.5) is 0 Å². The van der Waals surface area contributed by atoms with Crippen LogP contribution in [0.2, 0.25) is 0 Å². The molecule has 1 aliphatic carbocycles. The molecule has 39 heavy (non-hydrogen) atoms. The summed E-state index contributed by atoms with van der Waals surface area (Å²) in [6.07, 6.45) is 9.17. The fourth-order valence-corrected chi connectivity index (χ4v) is 6.42. The zero-order chi connectivity index (χ0) is 28.4. The molecule has 2 aromatic rings. The summed E-state index contributed by atoms with van der Waals surface area (Å²) in [4.78, 5) is 43.2. The highest BCUT2D eigenvalue weighted by Gasteiger charge is 2.49.